The molecule has 0 spiro atoms. The van der Waals surface area contributed by atoms with Crippen LogP contribution in [0.3, 0.4) is 0 Å². The summed E-state index contributed by atoms with van der Waals surface area (Å²) in [5, 5.41) is 21.8. The number of nitrogens with zero attached hydrogens (tertiary/aromatic N) is 3. The number of rotatable bonds is 2. The number of hydrogen-bond acceptors (Lipinski definition) is 4. The molecule has 0 radical (unpaired) electrons. The minimum absolute atomic E-state index is 0.191. The van der Waals surface area contributed by atoms with Crippen LogP contribution in [0.15, 0.2) is 42.5 Å². The third-order valence-electron chi connectivity index (χ3n) is 3.00. The standard InChI is InChI=1S/C15H8ClFN4/c16-14-11-3-1-2-4-12(11)15(21-20-14)19-13-6-5-10(17)7-9(13)8-18/h1-7H,(H,19,21). The molecule has 0 aliphatic heterocycles. The molecule has 0 saturated carbocycles. The molecule has 3 rings (SSSR count). The van der Waals surface area contributed by atoms with Crippen LogP contribution in [0.25, 0.3) is 10.8 Å². The van der Waals surface area contributed by atoms with E-state index in [0.29, 0.717) is 16.7 Å². The van der Waals surface area contributed by atoms with Crippen LogP contribution >= 0.6 is 11.6 Å². The minimum atomic E-state index is -0.468. The minimum Gasteiger partial charge on any atom is -0.337 e. The zero-order valence-corrected chi connectivity index (χ0v) is 11.4. The first-order chi connectivity index (χ1) is 10.2. The summed E-state index contributed by atoms with van der Waals surface area (Å²) in [5.74, 6) is -0.0118. The van der Waals surface area contributed by atoms with E-state index in [0.717, 1.165) is 16.8 Å². The fourth-order valence-corrected chi connectivity index (χ4v) is 2.21. The molecule has 0 aliphatic carbocycles. The van der Waals surface area contributed by atoms with Crippen LogP contribution in [0.1, 0.15) is 5.56 Å². The maximum atomic E-state index is 13.2. The molecule has 0 atom stereocenters. The van der Waals surface area contributed by atoms with Crippen molar-refractivity contribution in [2.75, 3.05) is 5.32 Å². The number of nitrogens with one attached hydrogen (secondary N) is 1. The lowest BCUT2D eigenvalue weighted by Crippen LogP contribution is -1.99. The topological polar surface area (TPSA) is 61.6 Å². The fraction of sp³-hybridized carbons (Fsp3) is 0. The molecule has 4 nitrogen and oxygen atoms in total. The maximum absolute atomic E-state index is 13.2. The largest absolute Gasteiger partial charge is 0.337 e. The van der Waals surface area contributed by atoms with Gasteiger partial charge in [-0.15, -0.1) is 10.2 Å². The predicted octanol–water partition coefficient (Wildman–Crippen LogP) is 4.04. The fourth-order valence-electron chi connectivity index (χ4n) is 2.01. The van der Waals surface area contributed by atoms with Crippen molar-refractivity contribution in [2.24, 2.45) is 0 Å². The van der Waals surface area contributed by atoms with E-state index < -0.39 is 5.82 Å². The molecule has 0 unspecified atom stereocenters. The molecule has 1 N–H and O–H groups in total. The van der Waals surface area contributed by atoms with Crippen molar-refractivity contribution in [3.63, 3.8) is 0 Å². The molecule has 0 aliphatic rings. The van der Waals surface area contributed by atoms with Gasteiger partial charge in [0.2, 0.25) is 0 Å². The highest BCUT2D eigenvalue weighted by Crippen LogP contribution is 2.28. The van der Waals surface area contributed by atoms with E-state index in [1.54, 1.807) is 0 Å². The Morgan fingerprint density at radius 2 is 1.86 bits per heavy atom. The van der Waals surface area contributed by atoms with Gasteiger partial charge >= 0.3 is 0 Å². The number of halogens is 2. The molecule has 6 heteroatoms. The number of hydrogen-bond donors (Lipinski definition) is 1. The first-order valence-electron chi connectivity index (χ1n) is 6.06. The quantitative estimate of drug-likeness (QED) is 0.775. The van der Waals surface area contributed by atoms with E-state index in [1.165, 1.54) is 12.1 Å². The Hall–Kier alpha value is -2.71. The average Bonchev–Trinajstić information content (AvgIpc) is 2.52. The van der Waals surface area contributed by atoms with E-state index in [-0.39, 0.29) is 5.56 Å². The Balaban J connectivity index is 2.11. The molecule has 1 heterocycles. The third-order valence-corrected chi connectivity index (χ3v) is 3.28. The van der Waals surface area contributed by atoms with Crippen molar-refractivity contribution in [3.8, 4) is 6.07 Å². The summed E-state index contributed by atoms with van der Waals surface area (Å²) < 4.78 is 13.2. The van der Waals surface area contributed by atoms with Gasteiger partial charge in [-0.1, -0.05) is 35.9 Å². The normalized spacial score (nSPS) is 10.3. The molecule has 0 saturated heterocycles. The van der Waals surface area contributed by atoms with Gasteiger partial charge in [0.25, 0.3) is 0 Å². The molecule has 3 aromatic rings. The summed E-state index contributed by atoms with van der Waals surface area (Å²) in [4.78, 5) is 0. The Kier molecular flexibility index (Phi) is 3.38. The van der Waals surface area contributed by atoms with Gasteiger partial charge in [-0.3, -0.25) is 0 Å². The molecule has 0 fully saturated rings. The van der Waals surface area contributed by atoms with E-state index in [1.807, 2.05) is 30.3 Å². The van der Waals surface area contributed by atoms with Gasteiger partial charge in [-0.2, -0.15) is 5.26 Å². The molecule has 21 heavy (non-hydrogen) atoms. The van der Waals surface area contributed by atoms with E-state index >= 15 is 0 Å². The monoisotopic (exact) mass is 298 g/mol. The number of nitriles is 1. The lowest BCUT2D eigenvalue weighted by molar-refractivity contribution is 0.627. The maximum Gasteiger partial charge on any atom is 0.161 e. The van der Waals surface area contributed by atoms with Crippen LogP contribution < -0.4 is 5.32 Å². The van der Waals surface area contributed by atoms with Gasteiger partial charge in [-0.05, 0) is 18.2 Å². The van der Waals surface area contributed by atoms with E-state index in [4.69, 9.17) is 16.9 Å². The van der Waals surface area contributed by atoms with Crippen molar-refractivity contribution in [1.82, 2.24) is 10.2 Å². The van der Waals surface area contributed by atoms with Gasteiger partial charge in [0.05, 0.1) is 11.3 Å². The smallest absolute Gasteiger partial charge is 0.161 e. The van der Waals surface area contributed by atoms with Crippen molar-refractivity contribution in [2.45, 2.75) is 0 Å². The number of fused-ring (bicyclic) bond motifs is 1. The van der Waals surface area contributed by atoms with Crippen LogP contribution in [0.2, 0.25) is 5.15 Å². The lowest BCUT2D eigenvalue weighted by atomic mass is 10.1. The summed E-state index contributed by atoms with van der Waals surface area (Å²) in [5.41, 5.74) is 0.650. The van der Waals surface area contributed by atoms with E-state index in [2.05, 4.69) is 15.5 Å². The van der Waals surface area contributed by atoms with Gasteiger partial charge in [0, 0.05) is 10.8 Å². The van der Waals surface area contributed by atoms with Gasteiger partial charge in [0.1, 0.15) is 11.9 Å². The third kappa shape index (κ3) is 2.49. The van der Waals surface area contributed by atoms with Crippen LogP contribution in [-0.4, -0.2) is 10.2 Å². The molecule has 102 valence electrons. The molecule has 0 amide bonds. The molecule has 0 bridgehead atoms. The zero-order chi connectivity index (χ0) is 14.8. The average molecular weight is 299 g/mol. The lowest BCUT2D eigenvalue weighted by Gasteiger charge is -2.10. The Labute approximate surface area is 124 Å². The van der Waals surface area contributed by atoms with Gasteiger partial charge in [0.15, 0.2) is 11.0 Å². The highest BCUT2D eigenvalue weighted by Gasteiger charge is 2.10. The summed E-state index contributed by atoms with van der Waals surface area (Å²) in [7, 11) is 0. The van der Waals surface area contributed by atoms with Crippen LogP contribution in [0.4, 0.5) is 15.9 Å². The first-order valence-corrected chi connectivity index (χ1v) is 6.44. The van der Waals surface area contributed by atoms with Gasteiger partial charge < -0.3 is 5.32 Å². The first kappa shape index (κ1) is 13.3. The summed E-state index contributed by atoms with van der Waals surface area (Å²) in [6.07, 6.45) is 0. The van der Waals surface area contributed by atoms with Crippen molar-refractivity contribution >= 4 is 33.9 Å². The van der Waals surface area contributed by atoms with E-state index in [9.17, 15) is 4.39 Å². The Morgan fingerprint density at radius 1 is 1.10 bits per heavy atom. The number of anilines is 2. The predicted molar refractivity (Wildman–Crippen MR) is 78.9 cm³/mol. The second-order valence-corrected chi connectivity index (χ2v) is 4.67. The van der Waals surface area contributed by atoms with Crippen LogP contribution in [0, 0.1) is 17.1 Å². The van der Waals surface area contributed by atoms with Crippen LogP contribution in [-0.2, 0) is 0 Å². The Morgan fingerprint density at radius 3 is 2.62 bits per heavy atom. The van der Waals surface area contributed by atoms with Crippen molar-refractivity contribution < 1.29 is 4.39 Å². The highest BCUT2D eigenvalue weighted by molar-refractivity contribution is 6.34. The molecule has 2 aromatic carbocycles. The van der Waals surface area contributed by atoms with Crippen molar-refractivity contribution in [1.29, 1.82) is 5.26 Å². The zero-order valence-electron chi connectivity index (χ0n) is 10.6. The number of benzene rings is 2. The van der Waals surface area contributed by atoms with Gasteiger partial charge in [-0.25, -0.2) is 4.39 Å². The molecular formula is C15H8ClFN4. The van der Waals surface area contributed by atoms with Crippen molar-refractivity contribution in [3.05, 3.63) is 59.0 Å². The Bertz CT molecular complexity index is 873. The summed E-state index contributed by atoms with van der Waals surface area (Å²) in [6.45, 7) is 0. The summed E-state index contributed by atoms with van der Waals surface area (Å²) >= 11 is 6.01. The van der Waals surface area contributed by atoms with Crippen LogP contribution in [0.5, 0.6) is 0 Å². The molecular weight excluding hydrogens is 291 g/mol. The SMILES string of the molecule is N#Cc1cc(F)ccc1Nc1nnc(Cl)c2ccccc12. The summed E-state index contributed by atoms with van der Waals surface area (Å²) in [6, 6.07) is 13.2. The molecule has 1 aromatic heterocycles. The second-order valence-electron chi connectivity index (χ2n) is 4.31. The highest BCUT2D eigenvalue weighted by atomic mass is 35.5. The second kappa shape index (κ2) is 5.35. The number of aromatic nitrogens is 2.